The molecule has 2 aromatic carbocycles. The van der Waals surface area contributed by atoms with Gasteiger partial charge in [-0.05, 0) is 59.3 Å². The third-order valence-electron chi connectivity index (χ3n) is 2.70. The summed E-state index contributed by atoms with van der Waals surface area (Å²) in [4.78, 5) is 12.2. The molecule has 0 aliphatic carbocycles. The minimum atomic E-state index is -0.198. The third kappa shape index (κ3) is 3.19. The highest BCUT2D eigenvalue weighted by atomic mass is 127. The summed E-state index contributed by atoms with van der Waals surface area (Å²) >= 11 is 8.16. The lowest BCUT2D eigenvalue weighted by Crippen LogP contribution is -2.14. The van der Waals surface area contributed by atoms with Gasteiger partial charge in [0, 0.05) is 8.59 Å². The van der Waals surface area contributed by atoms with E-state index in [1.54, 1.807) is 18.2 Å². The van der Waals surface area contributed by atoms with E-state index in [4.69, 9.17) is 17.3 Å². The number of hydrogen-bond donors (Lipinski definition) is 2. The second-order valence-corrected chi connectivity index (χ2v) is 5.69. The summed E-state index contributed by atoms with van der Waals surface area (Å²) in [7, 11) is 0. The molecule has 0 atom stereocenters. The average Bonchev–Trinajstić information content (AvgIpc) is 2.36. The fraction of sp³-hybridized carbons (Fsp3) is 0.0714. The molecule has 0 bridgehead atoms. The maximum absolute atomic E-state index is 12.2. The lowest BCUT2D eigenvalue weighted by atomic mass is 10.1. The Hall–Kier alpha value is -1.27. The number of nitrogens with two attached hydrogens (primary N) is 1. The predicted molar refractivity (Wildman–Crippen MR) is 87.7 cm³/mol. The lowest BCUT2D eigenvalue weighted by molar-refractivity contribution is 0.102. The van der Waals surface area contributed by atoms with Gasteiger partial charge in [0.2, 0.25) is 0 Å². The second-order valence-electron chi connectivity index (χ2n) is 4.12. The van der Waals surface area contributed by atoms with Crippen molar-refractivity contribution in [2.45, 2.75) is 6.92 Å². The van der Waals surface area contributed by atoms with Crippen molar-refractivity contribution in [2.24, 2.45) is 0 Å². The molecule has 0 heterocycles. The lowest BCUT2D eigenvalue weighted by Gasteiger charge is -2.11. The summed E-state index contributed by atoms with van der Waals surface area (Å²) in [5.74, 6) is -0.198. The molecule has 0 aliphatic heterocycles. The molecule has 1 amide bonds. The Bertz CT molecular complexity index is 643. The highest BCUT2D eigenvalue weighted by Gasteiger charge is 2.12. The topological polar surface area (TPSA) is 55.1 Å². The Kier molecular flexibility index (Phi) is 4.31. The molecular weight excluding hydrogens is 375 g/mol. The number of nitrogens with one attached hydrogen (secondary N) is 1. The molecular formula is C14H12ClIN2O. The van der Waals surface area contributed by atoms with Crippen molar-refractivity contribution in [1.82, 2.24) is 0 Å². The largest absolute Gasteiger partial charge is 0.397 e. The van der Waals surface area contributed by atoms with Crippen molar-refractivity contribution in [3.8, 4) is 0 Å². The highest BCUT2D eigenvalue weighted by Crippen LogP contribution is 2.27. The van der Waals surface area contributed by atoms with Crippen LogP contribution in [0.25, 0.3) is 0 Å². The van der Waals surface area contributed by atoms with Crippen LogP contribution in [0.2, 0.25) is 5.02 Å². The van der Waals surface area contributed by atoms with Crippen molar-refractivity contribution >= 4 is 51.5 Å². The standard InChI is InChI=1S/C14H12ClIN2O/c1-8-6-12(17)13(7-10(8)15)18-14(19)9-4-2-3-5-11(9)16/h2-7H,17H2,1H3,(H,18,19). The van der Waals surface area contributed by atoms with Crippen LogP contribution in [-0.4, -0.2) is 5.91 Å². The van der Waals surface area contributed by atoms with E-state index in [0.717, 1.165) is 9.13 Å². The van der Waals surface area contributed by atoms with E-state index < -0.39 is 0 Å². The van der Waals surface area contributed by atoms with E-state index in [-0.39, 0.29) is 5.91 Å². The molecule has 0 radical (unpaired) electrons. The van der Waals surface area contributed by atoms with Crippen LogP contribution in [0.5, 0.6) is 0 Å². The molecule has 3 nitrogen and oxygen atoms in total. The minimum absolute atomic E-state index is 0.198. The Labute approximate surface area is 130 Å². The van der Waals surface area contributed by atoms with E-state index in [9.17, 15) is 4.79 Å². The zero-order valence-electron chi connectivity index (χ0n) is 10.2. The number of carbonyl (C=O) groups excluding carboxylic acids is 1. The SMILES string of the molecule is Cc1cc(N)c(NC(=O)c2ccccc2I)cc1Cl. The van der Waals surface area contributed by atoms with Gasteiger partial charge in [-0.2, -0.15) is 0 Å². The van der Waals surface area contributed by atoms with Gasteiger partial charge in [0.1, 0.15) is 0 Å². The number of halogens is 2. The summed E-state index contributed by atoms with van der Waals surface area (Å²) in [6, 6.07) is 10.8. The van der Waals surface area contributed by atoms with E-state index in [0.29, 0.717) is 22.0 Å². The van der Waals surface area contributed by atoms with Crippen LogP contribution in [0.3, 0.4) is 0 Å². The van der Waals surface area contributed by atoms with Crippen molar-refractivity contribution in [2.75, 3.05) is 11.1 Å². The molecule has 3 N–H and O–H groups in total. The number of rotatable bonds is 2. The van der Waals surface area contributed by atoms with Gasteiger partial charge in [-0.1, -0.05) is 23.7 Å². The van der Waals surface area contributed by atoms with Crippen LogP contribution in [-0.2, 0) is 0 Å². The quantitative estimate of drug-likeness (QED) is 0.603. The number of benzene rings is 2. The van der Waals surface area contributed by atoms with Crippen molar-refractivity contribution in [3.05, 3.63) is 56.1 Å². The Morgan fingerprint density at radius 3 is 2.68 bits per heavy atom. The van der Waals surface area contributed by atoms with Crippen molar-refractivity contribution < 1.29 is 4.79 Å². The van der Waals surface area contributed by atoms with Gasteiger partial charge in [-0.25, -0.2) is 0 Å². The normalized spacial score (nSPS) is 10.3. The molecule has 0 aromatic heterocycles. The second kappa shape index (κ2) is 5.79. The van der Waals surface area contributed by atoms with Gasteiger partial charge in [0.15, 0.2) is 0 Å². The van der Waals surface area contributed by atoms with Gasteiger partial charge >= 0.3 is 0 Å². The maximum atomic E-state index is 12.2. The number of aryl methyl sites for hydroxylation is 1. The van der Waals surface area contributed by atoms with E-state index in [2.05, 4.69) is 27.9 Å². The summed E-state index contributed by atoms with van der Waals surface area (Å²) in [6.45, 7) is 1.87. The first kappa shape index (κ1) is 14.1. The molecule has 0 saturated carbocycles. The van der Waals surface area contributed by atoms with Crippen LogP contribution in [0, 0.1) is 10.5 Å². The van der Waals surface area contributed by atoms with Crippen molar-refractivity contribution in [3.63, 3.8) is 0 Å². The van der Waals surface area contributed by atoms with Crippen LogP contribution in [0.1, 0.15) is 15.9 Å². The first-order valence-corrected chi connectivity index (χ1v) is 7.06. The molecule has 0 unspecified atom stereocenters. The Morgan fingerprint density at radius 2 is 2.00 bits per heavy atom. The monoisotopic (exact) mass is 386 g/mol. The number of hydrogen-bond acceptors (Lipinski definition) is 2. The fourth-order valence-electron chi connectivity index (χ4n) is 1.65. The Balaban J connectivity index is 2.30. The summed E-state index contributed by atoms with van der Waals surface area (Å²) in [5, 5.41) is 3.36. The van der Waals surface area contributed by atoms with Crippen LogP contribution in [0.15, 0.2) is 36.4 Å². The minimum Gasteiger partial charge on any atom is -0.397 e. The molecule has 5 heteroatoms. The molecule has 0 spiro atoms. The molecule has 0 fully saturated rings. The smallest absolute Gasteiger partial charge is 0.256 e. The van der Waals surface area contributed by atoms with Crippen LogP contribution in [0.4, 0.5) is 11.4 Å². The summed E-state index contributed by atoms with van der Waals surface area (Å²) in [5.41, 5.74) is 8.40. The van der Waals surface area contributed by atoms with Gasteiger partial charge in [0.25, 0.3) is 5.91 Å². The zero-order valence-corrected chi connectivity index (χ0v) is 13.1. The predicted octanol–water partition coefficient (Wildman–Crippen LogP) is 4.09. The van der Waals surface area contributed by atoms with E-state index in [1.165, 1.54) is 0 Å². The van der Waals surface area contributed by atoms with Gasteiger partial charge in [-0.15, -0.1) is 0 Å². The summed E-state index contributed by atoms with van der Waals surface area (Å²) < 4.78 is 0.884. The number of carbonyl (C=O) groups is 1. The van der Waals surface area contributed by atoms with Gasteiger partial charge in [0.05, 0.1) is 16.9 Å². The van der Waals surface area contributed by atoms with E-state index in [1.807, 2.05) is 25.1 Å². The fourth-order valence-corrected chi connectivity index (χ4v) is 2.44. The Morgan fingerprint density at radius 1 is 1.32 bits per heavy atom. The molecule has 0 aliphatic rings. The number of nitrogen functional groups attached to an aromatic ring is 1. The van der Waals surface area contributed by atoms with Crippen molar-refractivity contribution in [1.29, 1.82) is 0 Å². The average molecular weight is 387 g/mol. The summed E-state index contributed by atoms with van der Waals surface area (Å²) in [6.07, 6.45) is 0. The zero-order chi connectivity index (χ0) is 14.0. The molecule has 98 valence electrons. The third-order valence-corrected chi connectivity index (χ3v) is 4.05. The van der Waals surface area contributed by atoms with Gasteiger partial charge < -0.3 is 11.1 Å². The molecule has 0 saturated heterocycles. The highest BCUT2D eigenvalue weighted by molar-refractivity contribution is 14.1. The van der Waals surface area contributed by atoms with Gasteiger partial charge in [-0.3, -0.25) is 4.79 Å². The van der Waals surface area contributed by atoms with Crippen LogP contribution >= 0.6 is 34.2 Å². The molecule has 2 rings (SSSR count). The molecule has 2 aromatic rings. The molecule has 19 heavy (non-hydrogen) atoms. The number of amides is 1. The first-order valence-electron chi connectivity index (χ1n) is 5.60. The first-order chi connectivity index (χ1) is 8.99. The van der Waals surface area contributed by atoms with E-state index >= 15 is 0 Å². The van der Waals surface area contributed by atoms with Crippen LogP contribution < -0.4 is 11.1 Å². The number of anilines is 2. The maximum Gasteiger partial charge on any atom is 0.256 e.